The van der Waals surface area contributed by atoms with Gasteiger partial charge in [-0.2, -0.15) is 0 Å². The van der Waals surface area contributed by atoms with E-state index in [1.165, 1.54) is 103 Å². The molecule has 0 saturated heterocycles. The number of rotatable bonds is 19. The molecule has 0 aromatic rings. The maximum Gasteiger partial charge on any atom is 0.0996 e. The van der Waals surface area contributed by atoms with E-state index < -0.39 is 0 Å². The van der Waals surface area contributed by atoms with Crippen molar-refractivity contribution in [1.82, 2.24) is 5.32 Å². The molecule has 3 heteroatoms. The average Bonchev–Trinajstić information content (AvgIpc) is 3.18. The van der Waals surface area contributed by atoms with E-state index in [1.54, 1.807) is 0 Å². The number of amidine groups is 1. The number of aliphatic imine (C=N–C) groups is 1. The van der Waals surface area contributed by atoms with Crippen LogP contribution in [-0.2, 0) is 0 Å². The summed E-state index contributed by atoms with van der Waals surface area (Å²) in [5.41, 5.74) is 0. The van der Waals surface area contributed by atoms with Gasteiger partial charge in [-0.15, -0.1) is 0 Å². The Kier molecular flexibility index (Phi) is 16.1. The summed E-state index contributed by atoms with van der Waals surface area (Å²) in [6.07, 6.45) is 23.3. The molecule has 1 atom stereocenters. The van der Waals surface area contributed by atoms with Crippen LogP contribution in [0.3, 0.4) is 0 Å². The number of hydrogen-bond donors (Lipinski definition) is 2. The molecular formula is C23H46N2O. The van der Waals surface area contributed by atoms with Gasteiger partial charge in [-0.1, -0.05) is 103 Å². The summed E-state index contributed by atoms with van der Waals surface area (Å²) >= 11 is 0. The van der Waals surface area contributed by atoms with Crippen LogP contribution < -0.4 is 5.32 Å². The quantitative estimate of drug-likeness (QED) is 0.265. The maximum atomic E-state index is 9.24. The Morgan fingerprint density at radius 1 is 0.769 bits per heavy atom. The van der Waals surface area contributed by atoms with Gasteiger partial charge < -0.3 is 10.4 Å². The highest BCUT2D eigenvalue weighted by Gasteiger charge is 2.17. The van der Waals surface area contributed by atoms with E-state index in [-0.39, 0.29) is 6.61 Å². The molecule has 0 aliphatic carbocycles. The zero-order valence-electron chi connectivity index (χ0n) is 17.6. The fraction of sp³-hybridized carbons (Fsp3) is 0.957. The lowest BCUT2D eigenvalue weighted by atomic mass is 9.96. The van der Waals surface area contributed by atoms with Gasteiger partial charge in [0.2, 0.25) is 0 Å². The molecule has 0 amide bonds. The minimum absolute atomic E-state index is 0.282. The molecule has 0 radical (unpaired) electrons. The van der Waals surface area contributed by atoms with E-state index in [4.69, 9.17) is 0 Å². The van der Waals surface area contributed by atoms with Crippen LogP contribution in [0.4, 0.5) is 0 Å². The van der Waals surface area contributed by atoms with Crippen molar-refractivity contribution in [2.45, 2.75) is 116 Å². The standard InChI is InChI=1S/C23H46N2O/c1-2-3-4-5-6-7-8-9-10-11-12-13-14-15-16-17-22(18-21-26)23-24-19-20-25-23/h22,26H,2-21H2,1H3,(H,24,25). The zero-order chi connectivity index (χ0) is 18.7. The number of aliphatic hydroxyl groups excluding tert-OH is 1. The molecule has 0 saturated carbocycles. The van der Waals surface area contributed by atoms with Gasteiger partial charge in [0.15, 0.2) is 0 Å². The van der Waals surface area contributed by atoms with E-state index in [1.807, 2.05) is 0 Å². The molecule has 3 nitrogen and oxygen atoms in total. The second kappa shape index (κ2) is 17.8. The summed E-state index contributed by atoms with van der Waals surface area (Å²) in [6, 6.07) is 0. The summed E-state index contributed by atoms with van der Waals surface area (Å²) in [4.78, 5) is 4.54. The molecule has 1 unspecified atom stereocenters. The maximum absolute atomic E-state index is 9.24. The third-order valence-corrected chi connectivity index (χ3v) is 5.72. The molecule has 0 bridgehead atoms. The van der Waals surface area contributed by atoms with Crippen molar-refractivity contribution >= 4 is 5.84 Å². The van der Waals surface area contributed by atoms with Crippen LogP contribution in [0.2, 0.25) is 0 Å². The average molecular weight is 367 g/mol. The van der Waals surface area contributed by atoms with Crippen molar-refractivity contribution in [1.29, 1.82) is 0 Å². The molecule has 0 fully saturated rings. The Balaban J connectivity index is 1.81. The van der Waals surface area contributed by atoms with Gasteiger partial charge >= 0.3 is 0 Å². The van der Waals surface area contributed by atoms with Crippen molar-refractivity contribution in [2.75, 3.05) is 19.7 Å². The first kappa shape index (κ1) is 23.5. The predicted molar refractivity (Wildman–Crippen MR) is 115 cm³/mol. The molecule has 26 heavy (non-hydrogen) atoms. The van der Waals surface area contributed by atoms with Gasteiger partial charge in [0.05, 0.1) is 12.4 Å². The lowest BCUT2D eigenvalue weighted by Gasteiger charge is -2.16. The van der Waals surface area contributed by atoms with Crippen LogP contribution in [0, 0.1) is 5.92 Å². The van der Waals surface area contributed by atoms with Gasteiger partial charge in [-0.25, -0.2) is 0 Å². The minimum Gasteiger partial charge on any atom is -0.396 e. The molecule has 1 rings (SSSR count). The normalized spacial score (nSPS) is 15.1. The zero-order valence-corrected chi connectivity index (χ0v) is 17.6. The SMILES string of the molecule is CCCCCCCCCCCCCCCCCC(CCO)C1=NCCN1. The third-order valence-electron chi connectivity index (χ3n) is 5.72. The Morgan fingerprint density at radius 2 is 1.27 bits per heavy atom. The fourth-order valence-electron chi connectivity index (χ4n) is 4.03. The predicted octanol–water partition coefficient (Wildman–Crippen LogP) is 6.25. The van der Waals surface area contributed by atoms with E-state index in [9.17, 15) is 5.11 Å². The second-order valence-electron chi connectivity index (χ2n) is 8.14. The van der Waals surface area contributed by atoms with Crippen molar-refractivity contribution < 1.29 is 5.11 Å². The lowest BCUT2D eigenvalue weighted by Crippen LogP contribution is -2.27. The minimum atomic E-state index is 0.282. The number of hydrogen-bond acceptors (Lipinski definition) is 3. The van der Waals surface area contributed by atoms with E-state index >= 15 is 0 Å². The Hall–Kier alpha value is -0.570. The van der Waals surface area contributed by atoms with Gasteiger partial charge in [0, 0.05) is 19.1 Å². The fourth-order valence-corrected chi connectivity index (χ4v) is 4.03. The number of nitrogens with one attached hydrogen (secondary N) is 1. The first-order valence-electron chi connectivity index (χ1n) is 11.8. The van der Waals surface area contributed by atoms with Crippen LogP contribution in [0.5, 0.6) is 0 Å². The molecule has 1 aliphatic rings. The molecule has 2 N–H and O–H groups in total. The third kappa shape index (κ3) is 12.7. The van der Waals surface area contributed by atoms with Crippen LogP contribution in [-0.4, -0.2) is 30.6 Å². The summed E-state index contributed by atoms with van der Waals surface area (Å²) in [5, 5.41) is 12.6. The van der Waals surface area contributed by atoms with E-state index in [2.05, 4.69) is 17.2 Å². The Bertz CT molecular complexity index is 330. The molecule has 154 valence electrons. The summed E-state index contributed by atoms with van der Waals surface area (Å²) < 4.78 is 0. The molecule has 0 aromatic heterocycles. The Morgan fingerprint density at radius 3 is 1.69 bits per heavy atom. The van der Waals surface area contributed by atoms with Crippen LogP contribution in [0.1, 0.15) is 116 Å². The monoisotopic (exact) mass is 366 g/mol. The van der Waals surface area contributed by atoms with Crippen LogP contribution in [0.15, 0.2) is 4.99 Å². The van der Waals surface area contributed by atoms with Crippen molar-refractivity contribution in [3.05, 3.63) is 0 Å². The van der Waals surface area contributed by atoms with Gasteiger partial charge in [-0.05, 0) is 12.8 Å². The van der Waals surface area contributed by atoms with Crippen molar-refractivity contribution in [2.24, 2.45) is 10.9 Å². The number of aliphatic hydroxyl groups is 1. The molecular weight excluding hydrogens is 320 g/mol. The summed E-state index contributed by atoms with van der Waals surface area (Å²) in [7, 11) is 0. The first-order chi connectivity index (χ1) is 12.9. The largest absolute Gasteiger partial charge is 0.396 e. The van der Waals surface area contributed by atoms with Crippen molar-refractivity contribution in [3.63, 3.8) is 0 Å². The van der Waals surface area contributed by atoms with Crippen LogP contribution >= 0.6 is 0 Å². The summed E-state index contributed by atoms with van der Waals surface area (Å²) in [6.45, 7) is 4.47. The molecule has 1 heterocycles. The van der Waals surface area contributed by atoms with Gasteiger partial charge in [0.25, 0.3) is 0 Å². The highest BCUT2D eigenvalue weighted by Crippen LogP contribution is 2.18. The summed E-state index contributed by atoms with van der Waals surface area (Å²) in [5.74, 6) is 1.62. The number of unbranched alkanes of at least 4 members (excludes halogenated alkanes) is 14. The molecule has 1 aliphatic heterocycles. The first-order valence-corrected chi connectivity index (χ1v) is 11.8. The van der Waals surface area contributed by atoms with E-state index in [0.717, 1.165) is 25.3 Å². The smallest absolute Gasteiger partial charge is 0.0996 e. The highest BCUT2D eigenvalue weighted by molar-refractivity contribution is 5.85. The molecule has 0 aromatic carbocycles. The second-order valence-corrected chi connectivity index (χ2v) is 8.14. The van der Waals surface area contributed by atoms with Crippen LogP contribution in [0.25, 0.3) is 0 Å². The Labute approximate surface area is 163 Å². The van der Waals surface area contributed by atoms with E-state index in [0.29, 0.717) is 5.92 Å². The molecule has 0 spiro atoms. The van der Waals surface area contributed by atoms with Gasteiger partial charge in [0.1, 0.15) is 0 Å². The van der Waals surface area contributed by atoms with Crippen molar-refractivity contribution in [3.8, 4) is 0 Å². The number of nitrogens with zero attached hydrogens (tertiary/aromatic N) is 1. The van der Waals surface area contributed by atoms with Gasteiger partial charge in [-0.3, -0.25) is 4.99 Å². The highest BCUT2D eigenvalue weighted by atomic mass is 16.3. The lowest BCUT2D eigenvalue weighted by molar-refractivity contribution is 0.268. The topological polar surface area (TPSA) is 44.6 Å².